The molecule has 0 atom stereocenters. The van der Waals surface area contributed by atoms with Crippen molar-refractivity contribution in [2.24, 2.45) is 0 Å². The van der Waals surface area contributed by atoms with E-state index in [2.05, 4.69) is 10.3 Å². The van der Waals surface area contributed by atoms with E-state index in [9.17, 15) is 4.79 Å². The van der Waals surface area contributed by atoms with Gasteiger partial charge in [-0.15, -0.1) is 0 Å². The maximum absolute atomic E-state index is 11.7. The lowest BCUT2D eigenvalue weighted by Crippen LogP contribution is -2.37. The second kappa shape index (κ2) is 6.39. The van der Waals surface area contributed by atoms with E-state index in [1.54, 1.807) is 4.90 Å². The van der Waals surface area contributed by atoms with Gasteiger partial charge in [-0.25, -0.2) is 4.98 Å². The minimum Gasteiger partial charge on any atom is -0.444 e. The average Bonchev–Trinajstić information content (AvgIpc) is 2.60. The van der Waals surface area contributed by atoms with Gasteiger partial charge in [0, 0.05) is 13.1 Å². The highest BCUT2D eigenvalue weighted by molar-refractivity contribution is 5.78. The second-order valence-corrected chi connectivity index (χ2v) is 3.92. The average molecular weight is 239 g/mol. The number of carbonyl (C=O) groups excluding carboxylic acids is 1. The van der Waals surface area contributed by atoms with Gasteiger partial charge in [-0.1, -0.05) is 0 Å². The summed E-state index contributed by atoms with van der Waals surface area (Å²) in [5.41, 5.74) is 0.900. The SMILES string of the molecule is CCN(CC)C(=O)CNCc1nc(C)c(C)o1. The standard InChI is InChI=1S/C12H21N3O2/c1-5-15(6-2)12(16)8-13-7-11-14-9(3)10(4)17-11/h13H,5-8H2,1-4H3. The fourth-order valence-electron chi connectivity index (χ4n) is 1.58. The molecule has 0 aromatic carbocycles. The van der Waals surface area contributed by atoms with Crippen LogP contribution < -0.4 is 5.32 Å². The van der Waals surface area contributed by atoms with E-state index >= 15 is 0 Å². The van der Waals surface area contributed by atoms with Crippen LogP contribution in [0.1, 0.15) is 31.2 Å². The van der Waals surface area contributed by atoms with Crippen molar-refractivity contribution in [3.63, 3.8) is 0 Å². The molecule has 0 unspecified atom stereocenters. The summed E-state index contributed by atoms with van der Waals surface area (Å²) in [6.45, 7) is 10.0. The predicted octanol–water partition coefficient (Wildman–Crippen LogP) is 1.25. The fraction of sp³-hybridized carbons (Fsp3) is 0.667. The first-order valence-electron chi connectivity index (χ1n) is 5.99. The highest BCUT2D eigenvalue weighted by atomic mass is 16.4. The van der Waals surface area contributed by atoms with E-state index in [0.29, 0.717) is 19.0 Å². The topological polar surface area (TPSA) is 58.4 Å². The van der Waals surface area contributed by atoms with Gasteiger partial charge in [0.1, 0.15) is 5.76 Å². The van der Waals surface area contributed by atoms with Gasteiger partial charge in [0.2, 0.25) is 11.8 Å². The van der Waals surface area contributed by atoms with Gasteiger partial charge in [-0.05, 0) is 27.7 Å². The molecule has 0 saturated heterocycles. The molecule has 0 radical (unpaired) electrons. The van der Waals surface area contributed by atoms with Gasteiger partial charge in [0.15, 0.2) is 0 Å². The number of hydrogen-bond acceptors (Lipinski definition) is 4. The molecule has 1 N–H and O–H groups in total. The Hall–Kier alpha value is -1.36. The summed E-state index contributed by atoms with van der Waals surface area (Å²) in [5, 5.41) is 3.04. The molecule has 0 aliphatic heterocycles. The molecule has 5 heteroatoms. The van der Waals surface area contributed by atoms with Crippen LogP contribution in [-0.4, -0.2) is 35.4 Å². The molecule has 1 aromatic rings. The Morgan fingerprint density at radius 3 is 2.47 bits per heavy atom. The van der Waals surface area contributed by atoms with Crippen LogP contribution in [0.25, 0.3) is 0 Å². The number of aryl methyl sites for hydroxylation is 2. The van der Waals surface area contributed by atoms with Crippen molar-refractivity contribution < 1.29 is 9.21 Å². The van der Waals surface area contributed by atoms with E-state index in [1.165, 1.54) is 0 Å². The normalized spacial score (nSPS) is 10.6. The minimum atomic E-state index is 0.106. The molecule has 0 aliphatic rings. The van der Waals surface area contributed by atoms with Crippen LogP contribution in [0.15, 0.2) is 4.42 Å². The third kappa shape index (κ3) is 3.85. The molecule has 0 spiro atoms. The van der Waals surface area contributed by atoms with Crippen molar-refractivity contribution in [3.05, 3.63) is 17.3 Å². The number of hydrogen-bond donors (Lipinski definition) is 1. The molecule has 0 aliphatic carbocycles. The lowest BCUT2D eigenvalue weighted by atomic mass is 10.4. The van der Waals surface area contributed by atoms with Crippen LogP contribution in [0.4, 0.5) is 0 Å². The van der Waals surface area contributed by atoms with Crippen LogP contribution in [0.2, 0.25) is 0 Å². The van der Waals surface area contributed by atoms with Gasteiger partial charge < -0.3 is 9.32 Å². The molecular formula is C12H21N3O2. The number of likely N-dealkylation sites (N-methyl/N-ethyl adjacent to an activating group) is 1. The van der Waals surface area contributed by atoms with Gasteiger partial charge in [0.25, 0.3) is 0 Å². The largest absolute Gasteiger partial charge is 0.444 e. The van der Waals surface area contributed by atoms with Crippen LogP contribution in [0.5, 0.6) is 0 Å². The molecule has 5 nitrogen and oxygen atoms in total. The number of rotatable bonds is 6. The maximum atomic E-state index is 11.7. The third-order valence-electron chi connectivity index (χ3n) is 2.74. The van der Waals surface area contributed by atoms with Crippen LogP contribution in [-0.2, 0) is 11.3 Å². The molecule has 17 heavy (non-hydrogen) atoms. The van der Waals surface area contributed by atoms with Gasteiger partial charge >= 0.3 is 0 Å². The maximum Gasteiger partial charge on any atom is 0.236 e. The first kappa shape index (κ1) is 13.7. The number of nitrogens with one attached hydrogen (secondary N) is 1. The zero-order valence-electron chi connectivity index (χ0n) is 11.0. The summed E-state index contributed by atoms with van der Waals surface area (Å²) >= 11 is 0. The van der Waals surface area contributed by atoms with Crippen LogP contribution >= 0.6 is 0 Å². The molecule has 1 heterocycles. The lowest BCUT2D eigenvalue weighted by molar-refractivity contribution is -0.129. The van der Waals surface area contributed by atoms with Crippen LogP contribution in [0, 0.1) is 13.8 Å². The molecule has 1 aromatic heterocycles. The van der Waals surface area contributed by atoms with Gasteiger partial charge in [0.05, 0.1) is 18.8 Å². The Kier molecular flexibility index (Phi) is 5.15. The number of nitrogens with zero attached hydrogens (tertiary/aromatic N) is 2. The predicted molar refractivity (Wildman–Crippen MR) is 65.6 cm³/mol. The minimum absolute atomic E-state index is 0.106. The Morgan fingerprint density at radius 1 is 1.35 bits per heavy atom. The smallest absolute Gasteiger partial charge is 0.236 e. The summed E-state index contributed by atoms with van der Waals surface area (Å²) in [6, 6.07) is 0. The van der Waals surface area contributed by atoms with E-state index < -0.39 is 0 Å². The lowest BCUT2D eigenvalue weighted by Gasteiger charge is -2.18. The molecule has 0 saturated carbocycles. The number of aromatic nitrogens is 1. The van der Waals surface area contributed by atoms with Gasteiger partial charge in [-0.2, -0.15) is 0 Å². The number of amides is 1. The molecule has 0 fully saturated rings. The first-order chi connectivity index (χ1) is 8.08. The van der Waals surface area contributed by atoms with Gasteiger partial charge in [-0.3, -0.25) is 10.1 Å². The van der Waals surface area contributed by atoms with Crippen molar-refractivity contribution in [1.29, 1.82) is 0 Å². The monoisotopic (exact) mass is 239 g/mol. The Bertz CT molecular complexity index is 350. The zero-order valence-corrected chi connectivity index (χ0v) is 11.0. The Labute approximate surface area is 102 Å². The summed E-state index contributed by atoms with van der Waals surface area (Å²) < 4.78 is 5.41. The summed E-state index contributed by atoms with van der Waals surface area (Å²) in [5.74, 6) is 1.57. The van der Waals surface area contributed by atoms with Crippen molar-refractivity contribution in [2.75, 3.05) is 19.6 Å². The first-order valence-corrected chi connectivity index (χ1v) is 5.99. The summed E-state index contributed by atoms with van der Waals surface area (Å²) in [6.07, 6.45) is 0. The molecule has 1 amide bonds. The fourth-order valence-corrected chi connectivity index (χ4v) is 1.58. The molecule has 0 bridgehead atoms. The van der Waals surface area contributed by atoms with Crippen molar-refractivity contribution in [1.82, 2.24) is 15.2 Å². The molecule has 96 valence electrons. The van der Waals surface area contributed by atoms with E-state index in [0.717, 1.165) is 24.5 Å². The molecule has 1 rings (SSSR count). The summed E-state index contributed by atoms with van der Waals surface area (Å²) in [7, 11) is 0. The summed E-state index contributed by atoms with van der Waals surface area (Å²) in [4.78, 5) is 17.7. The van der Waals surface area contributed by atoms with Crippen LogP contribution in [0.3, 0.4) is 0 Å². The van der Waals surface area contributed by atoms with E-state index in [4.69, 9.17) is 4.42 Å². The van der Waals surface area contributed by atoms with E-state index in [-0.39, 0.29) is 5.91 Å². The number of carbonyl (C=O) groups is 1. The highest BCUT2D eigenvalue weighted by Gasteiger charge is 2.10. The zero-order chi connectivity index (χ0) is 12.8. The third-order valence-corrected chi connectivity index (χ3v) is 2.74. The Balaban J connectivity index is 2.35. The van der Waals surface area contributed by atoms with Crippen molar-refractivity contribution >= 4 is 5.91 Å². The van der Waals surface area contributed by atoms with Crippen molar-refractivity contribution in [2.45, 2.75) is 34.2 Å². The Morgan fingerprint density at radius 2 is 2.00 bits per heavy atom. The quantitative estimate of drug-likeness (QED) is 0.811. The number of oxazole rings is 1. The van der Waals surface area contributed by atoms with Crippen molar-refractivity contribution in [3.8, 4) is 0 Å². The van der Waals surface area contributed by atoms with E-state index in [1.807, 2.05) is 27.7 Å². The molecular weight excluding hydrogens is 218 g/mol. The second-order valence-electron chi connectivity index (χ2n) is 3.92. The highest BCUT2D eigenvalue weighted by Crippen LogP contribution is 2.07.